The smallest absolute Gasteiger partial charge is 0.161 e. The van der Waals surface area contributed by atoms with Crippen molar-refractivity contribution < 1.29 is 0 Å². The van der Waals surface area contributed by atoms with Crippen LogP contribution in [-0.4, -0.2) is 42.6 Å². The topological polar surface area (TPSA) is 43.2 Å². The molecule has 2 heterocycles. The molecular weight excluding hydrogens is 236 g/mol. The van der Waals surface area contributed by atoms with Crippen LogP contribution in [0.3, 0.4) is 0 Å². The van der Waals surface area contributed by atoms with Crippen molar-refractivity contribution in [2.75, 3.05) is 31.6 Å². The van der Waals surface area contributed by atoms with Crippen molar-refractivity contribution in [3.63, 3.8) is 0 Å². The number of piperazine rings is 1. The maximum Gasteiger partial charge on any atom is 0.161 e. The first-order valence-electron chi connectivity index (χ1n) is 5.63. The van der Waals surface area contributed by atoms with Gasteiger partial charge in [0.2, 0.25) is 0 Å². The number of aromatic nitrogens is 1. The Morgan fingerprint density at radius 2 is 2.24 bits per heavy atom. The molecule has 2 rings (SSSR count). The van der Waals surface area contributed by atoms with Crippen molar-refractivity contribution in [3.05, 3.63) is 22.8 Å². The third-order valence-corrected chi connectivity index (χ3v) is 3.37. The molecule has 0 aliphatic carbocycles. The van der Waals surface area contributed by atoms with Crippen LogP contribution in [-0.2, 0) is 0 Å². The van der Waals surface area contributed by atoms with Gasteiger partial charge in [-0.05, 0) is 26.1 Å². The van der Waals surface area contributed by atoms with Gasteiger partial charge < -0.3 is 9.80 Å². The third kappa shape index (κ3) is 2.51. The number of nitrogens with zero attached hydrogens (tertiary/aromatic N) is 4. The summed E-state index contributed by atoms with van der Waals surface area (Å²) in [6.07, 6.45) is 0. The molecule has 0 bridgehead atoms. The number of hydrogen-bond donors (Lipinski definition) is 0. The molecule has 17 heavy (non-hydrogen) atoms. The number of rotatable bonds is 1. The molecule has 1 aromatic heterocycles. The zero-order chi connectivity index (χ0) is 12.4. The van der Waals surface area contributed by atoms with Gasteiger partial charge in [-0.1, -0.05) is 11.6 Å². The van der Waals surface area contributed by atoms with Crippen molar-refractivity contribution in [2.24, 2.45) is 0 Å². The highest BCUT2D eigenvalue weighted by Gasteiger charge is 2.22. The van der Waals surface area contributed by atoms with Gasteiger partial charge in [0.1, 0.15) is 11.9 Å². The monoisotopic (exact) mass is 250 g/mol. The number of nitriles is 1. The average molecular weight is 251 g/mol. The molecule has 0 spiro atoms. The van der Waals surface area contributed by atoms with Gasteiger partial charge in [-0.25, -0.2) is 4.98 Å². The summed E-state index contributed by atoms with van der Waals surface area (Å²) in [5.41, 5.74) is 0.301. The molecule has 4 nitrogen and oxygen atoms in total. The Morgan fingerprint density at radius 1 is 1.47 bits per heavy atom. The fraction of sp³-hybridized carbons (Fsp3) is 0.500. The summed E-state index contributed by atoms with van der Waals surface area (Å²) in [6.45, 7) is 5.11. The van der Waals surface area contributed by atoms with Gasteiger partial charge in [-0.3, -0.25) is 0 Å². The maximum absolute atomic E-state index is 8.93. The first-order valence-corrected chi connectivity index (χ1v) is 6.01. The highest BCUT2D eigenvalue weighted by atomic mass is 35.5. The standard InChI is InChI=1S/C12H15ClN4/c1-9-8-16(2)5-6-17(9)12-4-3-10(13)11(7-14)15-12/h3-4,9H,5-6,8H2,1-2H3/t9-/m0/s1. The number of hydrogen-bond acceptors (Lipinski definition) is 4. The fourth-order valence-electron chi connectivity index (χ4n) is 2.15. The molecule has 1 saturated heterocycles. The summed E-state index contributed by atoms with van der Waals surface area (Å²) < 4.78 is 0. The summed E-state index contributed by atoms with van der Waals surface area (Å²) in [5.74, 6) is 0.839. The Balaban J connectivity index is 2.26. The molecule has 0 aromatic carbocycles. The van der Waals surface area contributed by atoms with Crippen molar-refractivity contribution >= 4 is 17.4 Å². The van der Waals surface area contributed by atoms with Crippen LogP contribution in [0.25, 0.3) is 0 Å². The van der Waals surface area contributed by atoms with Crippen LogP contribution < -0.4 is 4.90 Å². The lowest BCUT2D eigenvalue weighted by molar-refractivity contribution is 0.274. The van der Waals surface area contributed by atoms with Gasteiger partial charge in [-0.15, -0.1) is 0 Å². The normalized spacial score (nSPS) is 21.3. The first kappa shape index (κ1) is 12.2. The van der Waals surface area contributed by atoms with E-state index in [-0.39, 0.29) is 0 Å². The summed E-state index contributed by atoms with van der Waals surface area (Å²) in [6, 6.07) is 6.04. The van der Waals surface area contributed by atoms with Gasteiger partial charge in [0.15, 0.2) is 5.69 Å². The number of halogens is 1. The van der Waals surface area contributed by atoms with Crippen LogP contribution in [0.1, 0.15) is 12.6 Å². The SMILES string of the molecule is C[C@H]1CN(C)CCN1c1ccc(Cl)c(C#N)n1. The second-order valence-corrected chi connectivity index (χ2v) is 4.82. The van der Waals surface area contributed by atoms with E-state index in [0.29, 0.717) is 16.8 Å². The Bertz CT molecular complexity index is 454. The van der Waals surface area contributed by atoms with Crippen LogP contribution in [0.15, 0.2) is 12.1 Å². The van der Waals surface area contributed by atoms with Crippen LogP contribution in [0.4, 0.5) is 5.82 Å². The zero-order valence-electron chi connectivity index (χ0n) is 10.0. The molecule has 5 heteroatoms. The van der Waals surface area contributed by atoms with Crippen LogP contribution in [0.2, 0.25) is 5.02 Å². The van der Waals surface area contributed by atoms with E-state index < -0.39 is 0 Å². The zero-order valence-corrected chi connectivity index (χ0v) is 10.8. The second kappa shape index (κ2) is 4.91. The Morgan fingerprint density at radius 3 is 2.88 bits per heavy atom. The lowest BCUT2D eigenvalue weighted by Crippen LogP contribution is -2.50. The van der Waals surface area contributed by atoms with Crippen molar-refractivity contribution in [2.45, 2.75) is 13.0 Å². The molecule has 0 N–H and O–H groups in total. The lowest BCUT2D eigenvalue weighted by atomic mass is 10.2. The summed E-state index contributed by atoms with van der Waals surface area (Å²) in [4.78, 5) is 8.82. The Hall–Kier alpha value is -1.31. The predicted octanol–water partition coefficient (Wildman–Crippen LogP) is 1.75. The number of anilines is 1. The lowest BCUT2D eigenvalue weighted by Gasteiger charge is -2.39. The van der Waals surface area contributed by atoms with Crippen molar-refractivity contribution in [1.29, 1.82) is 5.26 Å². The minimum Gasteiger partial charge on any atom is -0.351 e. The first-order chi connectivity index (χ1) is 8.11. The van der Waals surface area contributed by atoms with E-state index in [9.17, 15) is 0 Å². The van der Waals surface area contributed by atoms with E-state index in [0.717, 1.165) is 25.5 Å². The minimum atomic E-state index is 0.301. The van der Waals surface area contributed by atoms with Gasteiger partial charge >= 0.3 is 0 Å². The molecule has 1 aliphatic rings. The van der Waals surface area contributed by atoms with Crippen LogP contribution in [0, 0.1) is 11.3 Å². The molecule has 1 aliphatic heterocycles. The largest absolute Gasteiger partial charge is 0.351 e. The number of likely N-dealkylation sites (N-methyl/N-ethyl adjacent to an activating group) is 1. The quantitative estimate of drug-likeness (QED) is 0.762. The minimum absolute atomic E-state index is 0.301. The molecule has 1 aromatic rings. The fourth-order valence-corrected chi connectivity index (χ4v) is 2.30. The summed E-state index contributed by atoms with van der Waals surface area (Å²) >= 11 is 5.88. The average Bonchev–Trinajstić information content (AvgIpc) is 2.30. The highest BCUT2D eigenvalue weighted by molar-refractivity contribution is 6.31. The van der Waals surface area contributed by atoms with E-state index in [2.05, 4.69) is 28.8 Å². The van der Waals surface area contributed by atoms with Crippen LogP contribution >= 0.6 is 11.6 Å². The molecule has 0 radical (unpaired) electrons. The molecule has 90 valence electrons. The molecule has 0 saturated carbocycles. The molecular formula is C12H15ClN4. The van der Waals surface area contributed by atoms with E-state index in [1.807, 2.05) is 12.1 Å². The molecule has 1 fully saturated rings. The predicted molar refractivity (Wildman–Crippen MR) is 68.3 cm³/mol. The highest BCUT2D eigenvalue weighted by Crippen LogP contribution is 2.22. The van der Waals surface area contributed by atoms with E-state index >= 15 is 0 Å². The van der Waals surface area contributed by atoms with E-state index in [1.54, 1.807) is 6.07 Å². The molecule has 1 atom stereocenters. The van der Waals surface area contributed by atoms with Gasteiger partial charge in [0.25, 0.3) is 0 Å². The van der Waals surface area contributed by atoms with Crippen molar-refractivity contribution in [1.82, 2.24) is 9.88 Å². The Kier molecular flexibility index (Phi) is 3.51. The number of pyridine rings is 1. The molecule has 0 unspecified atom stereocenters. The third-order valence-electron chi connectivity index (χ3n) is 3.06. The summed E-state index contributed by atoms with van der Waals surface area (Å²) in [7, 11) is 2.11. The maximum atomic E-state index is 8.93. The van der Waals surface area contributed by atoms with Gasteiger partial charge in [-0.2, -0.15) is 5.26 Å². The van der Waals surface area contributed by atoms with Crippen LogP contribution in [0.5, 0.6) is 0 Å². The van der Waals surface area contributed by atoms with Gasteiger partial charge in [0.05, 0.1) is 5.02 Å². The van der Waals surface area contributed by atoms with Gasteiger partial charge in [0, 0.05) is 25.7 Å². The van der Waals surface area contributed by atoms with E-state index in [4.69, 9.17) is 16.9 Å². The Labute approximate surface area is 106 Å². The van der Waals surface area contributed by atoms with Crippen molar-refractivity contribution in [3.8, 4) is 6.07 Å². The second-order valence-electron chi connectivity index (χ2n) is 4.42. The van der Waals surface area contributed by atoms with E-state index in [1.165, 1.54) is 0 Å². The molecule has 0 amide bonds. The summed E-state index contributed by atoms with van der Waals surface area (Å²) in [5, 5.41) is 9.34.